The molecule has 0 unspecified atom stereocenters. The lowest BCUT2D eigenvalue weighted by Gasteiger charge is -2.01. The number of aromatic nitrogens is 3. The number of ether oxygens (including phenoxy) is 1. The number of rotatable bonds is 3. The van der Waals surface area contributed by atoms with Gasteiger partial charge in [-0.25, -0.2) is 0 Å². The number of aliphatic hydroxyl groups is 1. The van der Waals surface area contributed by atoms with Crippen LogP contribution in [0.4, 0.5) is 0 Å². The second-order valence-electron chi connectivity index (χ2n) is 2.86. The fourth-order valence-electron chi connectivity index (χ4n) is 1.37. The Morgan fingerprint density at radius 1 is 1.50 bits per heavy atom. The van der Waals surface area contributed by atoms with Crippen molar-refractivity contribution in [3.63, 3.8) is 0 Å². The van der Waals surface area contributed by atoms with Gasteiger partial charge in [0.15, 0.2) is 5.75 Å². The van der Waals surface area contributed by atoms with Crippen molar-refractivity contribution in [2.75, 3.05) is 13.7 Å². The SMILES string of the molecule is COc1cccn2c(CCO)nnc12. The fourth-order valence-corrected chi connectivity index (χ4v) is 1.37. The summed E-state index contributed by atoms with van der Waals surface area (Å²) in [6.07, 6.45) is 2.34. The Hall–Kier alpha value is -1.62. The number of hydrogen-bond acceptors (Lipinski definition) is 4. The summed E-state index contributed by atoms with van der Waals surface area (Å²) in [6, 6.07) is 3.68. The maximum atomic E-state index is 8.81. The average molecular weight is 193 g/mol. The third-order valence-electron chi connectivity index (χ3n) is 2.02. The molecule has 0 spiro atoms. The molecule has 0 aliphatic rings. The first-order chi connectivity index (χ1) is 6.86. The quantitative estimate of drug-likeness (QED) is 0.760. The van der Waals surface area contributed by atoms with E-state index in [9.17, 15) is 0 Å². The Kier molecular flexibility index (Phi) is 2.32. The highest BCUT2D eigenvalue weighted by Gasteiger charge is 2.07. The fraction of sp³-hybridized carbons (Fsp3) is 0.333. The molecule has 0 amide bonds. The van der Waals surface area contributed by atoms with Gasteiger partial charge in [0.1, 0.15) is 5.82 Å². The number of aliphatic hydroxyl groups excluding tert-OH is 1. The van der Waals surface area contributed by atoms with Crippen molar-refractivity contribution < 1.29 is 9.84 Å². The van der Waals surface area contributed by atoms with E-state index in [1.165, 1.54) is 0 Å². The molecule has 2 heterocycles. The maximum Gasteiger partial charge on any atom is 0.203 e. The zero-order chi connectivity index (χ0) is 9.97. The molecule has 0 saturated heterocycles. The predicted molar refractivity (Wildman–Crippen MR) is 50.3 cm³/mol. The molecule has 0 atom stereocenters. The van der Waals surface area contributed by atoms with Crippen molar-refractivity contribution in [2.45, 2.75) is 6.42 Å². The largest absolute Gasteiger partial charge is 0.493 e. The van der Waals surface area contributed by atoms with Gasteiger partial charge in [0.2, 0.25) is 5.65 Å². The third-order valence-corrected chi connectivity index (χ3v) is 2.02. The number of hydrogen-bond donors (Lipinski definition) is 1. The topological polar surface area (TPSA) is 59.7 Å². The van der Waals surface area contributed by atoms with Crippen LogP contribution in [0, 0.1) is 0 Å². The van der Waals surface area contributed by atoms with Gasteiger partial charge in [-0.15, -0.1) is 10.2 Å². The van der Waals surface area contributed by atoms with E-state index >= 15 is 0 Å². The summed E-state index contributed by atoms with van der Waals surface area (Å²) >= 11 is 0. The summed E-state index contributed by atoms with van der Waals surface area (Å²) in [5.41, 5.74) is 0.679. The van der Waals surface area contributed by atoms with Gasteiger partial charge in [-0.2, -0.15) is 0 Å². The van der Waals surface area contributed by atoms with Crippen molar-refractivity contribution in [1.82, 2.24) is 14.6 Å². The minimum Gasteiger partial charge on any atom is -0.493 e. The zero-order valence-corrected chi connectivity index (χ0v) is 7.84. The Bertz CT molecular complexity index is 439. The lowest BCUT2D eigenvalue weighted by atomic mass is 10.4. The summed E-state index contributed by atoms with van der Waals surface area (Å²) < 4.78 is 6.95. The second kappa shape index (κ2) is 3.63. The number of fused-ring (bicyclic) bond motifs is 1. The Morgan fingerprint density at radius 3 is 3.07 bits per heavy atom. The van der Waals surface area contributed by atoms with Gasteiger partial charge in [0.05, 0.1) is 13.7 Å². The molecule has 0 bridgehead atoms. The summed E-state index contributed by atoms with van der Waals surface area (Å²) in [5, 5.41) is 16.8. The standard InChI is InChI=1S/C9H11N3O2/c1-14-7-3-2-5-12-8(4-6-13)10-11-9(7)12/h2-3,5,13H,4,6H2,1H3. The van der Waals surface area contributed by atoms with Crippen LogP contribution in [-0.2, 0) is 6.42 Å². The van der Waals surface area contributed by atoms with Gasteiger partial charge < -0.3 is 9.84 Å². The highest BCUT2D eigenvalue weighted by molar-refractivity contribution is 5.52. The summed E-state index contributed by atoms with van der Waals surface area (Å²) in [5.74, 6) is 1.42. The molecule has 2 aromatic rings. The van der Waals surface area contributed by atoms with E-state index in [2.05, 4.69) is 10.2 Å². The minimum absolute atomic E-state index is 0.0675. The lowest BCUT2D eigenvalue weighted by molar-refractivity contribution is 0.296. The van der Waals surface area contributed by atoms with Crippen LogP contribution in [0.15, 0.2) is 18.3 Å². The van der Waals surface area contributed by atoms with E-state index in [1.54, 1.807) is 7.11 Å². The van der Waals surface area contributed by atoms with Crippen molar-refractivity contribution in [1.29, 1.82) is 0 Å². The highest BCUT2D eigenvalue weighted by Crippen LogP contribution is 2.17. The summed E-state index contributed by atoms with van der Waals surface area (Å²) in [7, 11) is 1.59. The van der Waals surface area contributed by atoms with Crippen LogP contribution < -0.4 is 4.74 Å². The van der Waals surface area contributed by atoms with Crippen molar-refractivity contribution >= 4 is 5.65 Å². The molecule has 74 valence electrons. The van der Waals surface area contributed by atoms with Gasteiger partial charge >= 0.3 is 0 Å². The maximum absolute atomic E-state index is 8.81. The van der Waals surface area contributed by atoms with Crippen LogP contribution in [0.3, 0.4) is 0 Å². The van der Waals surface area contributed by atoms with Crippen LogP contribution in [0.2, 0.25) is 0 Å². The van der Waals surface area contributed by atoms with Crippen molar-refractivity contribution in [3.05, 3.63) is 24.2 Å². The molecule has 0 saturated carbocycles. The molecule has 5 nitrogen and oxygen atoms in total. The molecule has 2 aromatic heterocycles. The zero-order valence-electron chi connectivity index (χ0n) is 7.84. The van der Waals surface area contributed by atoms with Gasteiger partial charge in [0.25, 0.3) is 0 Å². The van der Waals surface area contributed by atoms with E-state index in [1.807, 2.05) is 22.7 Å². The van der Waals surface area contributed by atoms with Gasteiger partial charge in [-0.05, 0) is 12.1 Å². The summed E-state index contributed by atoms with van der Waals surface area (Å²) in [6.45, 7) is 0.0675. The molecule has 0 aromatic carbocycles. The smallest absolute Gasteiger partial charge is 0.203 e. The molecule has 14 heavy (non-hydrogen) atoms. The van der Waals surface area contributed by atoms with E-state index in [0.29, 0.717) is 17.8 Å². The predicted octanol–water partition coefficient (Wildman–Crippen LogP) is 0.273. The molecule has 0 aliphatic carbocycles. The first-order valence-corrected chi connectivity index (χ1v) is 4.34. The molecule has 0 fully saturated rings. The number of methoxy groups -OCH3 is 1. The molecule has 0 radical (unpaired) electrons. The van der Waals surface area contributed by atoms with Gasteiger partial charge in [-0.1, -0.05) is 0 Å². The molecular formula is C9H11N3O2. The second-order valence-corrected chi connectivity index (χ2v) is 2.86. The van der Waals surface area contributed by atoms with Crippen LogP contribution >= 0.6 is 0 Å². The monoisotopic (exact) mass is 193 g/mol. The van der Waals surface area contributed by atoms with E-state index in [-0.39, 0.29) is 6.61 Å². The number of pyridine rings is 1. The van der Waals surface area contributed by atoms with E-state index in [0.717, 1.165) is 5.82 Å². The Balaban J connectivity index is 2.57. The van der Waals surface area contributed by atoms with Crippen LogP contribution in [0.5, 0.6) is 5.75 Å². The number of nitrogens with zero attached hydrogens (tertiary/aromatic N) is 3. The highest BCUT2D eigenvalue weighted by atomic mass is 16.5. The summed E-state index contributed by atoms with van der Waals surface area (Å²) in [4.78, 5) is 0. The van der Waals surface area contributed by atoms with Crippen LogP contribution in [0.1, 0.15) is 5.82 Å². The normalized spacial score (nSPS) is 10.7. The molecule has 2 rings (SSSR count). The first-order valence-electron chi connectivity index (χ1n) is 4.34. The molecular weight excluding hydrogens is 182 g/mol. The Morgan fingerprint density at radius 2 is 2.36 bits per heavy atom. The molecule has 0 aliphatic heterocycles. The van der Waals surface area contributed by atoms with E-state index < -0.39 is 0 Å². The first kappa shape index (κ1) is 8.96. The van der Waals surface area contributed by atoms with E-state index in [4.69, 9.17) is 9.84 Å². The van der Waals surface area contributed by atoms with Crippen molar-refractivity contribution in [2.24, 2.45) is 0 Å². The lowest BCUT2D eigenvalue weighted by Crippen LogP contribution is -1.98. The van der Waals surface area contributed by atoms with Crippen LogP contribution in [0.25, 0.3) is 5.65 Å². The average Bonchev–Trinajstić information content (AvgIpc) is 2.62. The van der Waals surface area contributed by atoms with Gasteiger partial charge in [0, 0.05) is 12.6 Å². The minimum atomic E-state index is 0.0675. The van der Waals surface area contributed by atoms with Crippen LogP contribution in [-0.4, -0.2) is 33.4 Å². The third kappa shape index (κ3) is 1.31. The van der Waals surface area contributed by atoms with Crippen molar-refractivity contribution in [3.8, 4) is 5.75 Å². The molecule has 5 heteroatoms. The Labute approximate surface area is 81.0 Å². The van der Waals surface area contributed by atoms with Gasteiger partial charge in [-0.3, -0.25) is 4.40 Å². The molecule has 1 N–H and O–H groups in total.